The zero-order chi connectivity index (χ0) is 16.5. The molecule has 1 fully saturated rings. The number of carbonyl (C=O) groups is 1. The Kier molecular flexibility index (Phi) is 7.20. The minimum atomic E-state index is 0.0456. The summed E-state index contributed by atoms with van der Waals surface area (Å²) in [5.74, 6) is 2.13. The van der Waals surface area contributed by atoms with Gasteiger partial charge in [0.2, 0.25) is 5.91 Å². The topological polar surface area (TPSA) is 56.8 Å². The normalized spacial score (nSPS) is 15.2. The molecular weight excluding hydrogens is 294 g/mol. The van der Waals surface area contributed by atoms with Crippen LogP contribution in [0.2, 0.25) is 0 Å². The molecule has 2 rings (SSSR count). The van der Waals surface area contributed by atoms with Crippen molar-refractivity contribution in [3.05, 3.63) is 23.8 Å². The number of methoxy groups -OCH3 is 2. The molecule has 0 radical (unpaired) electrons. The Balaban J connectivity index is 1.69. The number of benzene rings is 1. The van der Waals surface area contributed by atoms with Crippen molar-refractivity contribution in [3.8, 4) is 11.5 Å². The molecule has 0 unspecified atom stereocenters. The summed E-state index contributed by atoms with van der Waals surface area (Å²) in [6.45, 7) is 2.51. The molecule has 5 nitrogen and oxygen atoms in total. The van der Waals surface area contributed by atoms with Gasteiger partial charge in [0, 0.05) is 19.8 Å². The number of amides is 1. The smallest absolute Gasteiger partial charge is 0.224 e. The van der Waals surface area contributed by atoms with Gasteiger partial charge in [0.1, 0.15) is 0 Å². The van der Waals surface area contributed by atoms with Crippen LogP contribution in [0.25, 0.3) is 0 Å². The molecule has 1 N–H and O–H groups in total. The highest BCUT2D eigenvalue weighted by Gasteiger charge is 2.13. The predicted molar refractivity (Wildman–Crippen MR) is 89.0 cm³/mol. The molecule has 128 valence electrons. The molecule has 0 bridgehead atoms. The van der Waals surface area contributed by atoms with E-state index in [1.807, 2.05) is 18.2 Å². The van der Waals surface area contributed by atoms with Crippen molar-refractivity contribution in [3.63, 3.8) is 0 Å². The molecule has 23 heavy (non-hydrogen) atoms. The van der Waals surface area contributed by atoms with Gasteiger partial charge in [-0.3, -0.25) is 4.79 Å². The fourth-order valence-electron chi connectivity index (χ4n) is 2.89. The number of hydrogen-bond donors (Lipinski definition) is 1. The van der Waals surface area contributed by atoms with E-state index in [0.29, 0.717) is 17.9 Å². The predicted octanol–water partition coefficient (Wildman–Crippen LogP) is 2.57. The lowest BCUT2D eigenvalue weighted by atomic mass is 9.95. The second-order valence-electron chi connectivity index (χ2n) is 5.91. The minimum absolute atomic E-state index is 0.0456. The van der Waals surface area contributed by atoms with Crippen LogP contribution in [0.1, 0.15) is 31.2 Å². The van der Waals surface area contributed by atoms with Gasteiger partial charge in [0.15, 0.2) is 11.5 Å². The quantitative estimate of drug-likeness (QED) is 0.748. The van der Waals surface area contributed by atoms with Gasteiger partial charge >= 0.3 is 0 Å². The second-order valence-corrected chi connectivity index (χ2v) is 5.91. The van der Waals surface area contributed by atoms with E-state index in [1.54, 1.807) is 14.2 Å². The molecule has 1 aliphatic rings. The molecule has 1 saturated heterocycles. The first-order chi connectivity index (χ1) is 11.2. The van der Waals surface area contributed by atoms with Crippen LogP contribution in [0.5, 0.6) is 11.5 Å². The molecular formula is C18H27NO4. The van der Waals surface area contributed by atoms with Crippen LogP contribution in [0.3, 0.4) is 0 Å². The molecule has 1 aromatic rings. The van der Waals surface area contributed by atoms with Gasteiger partial charge < -0.3 is 19.5 Å². The number of hydrogen-bond acceptors (Lipinski definition) is 4. The van der Waals surface area contributed by atoms with Gasteiger partial charge in [-0.15, -0.1) is 0 Å². The van der Waals surface area contributed by atoms with E-state index in [4.69, 9.17) is 14.2 Å². The van der Waals surface area contributed by atoms with Crippen LogP contribution in [0.4, 0.5) is 0 Å². The van der Waals surface area contributed by atoms with E-state index >= 15 is 0 Å². The highest BCUT2D eigenvalue weighted by molar-refractivity contribution is 5.78. The van der Waals surface area contributed by atoms with E-state index in [-0.39, 0.29) is 5.91 Å². The average molecular weight is 321 g/mol. The summed E-state index contributed by atoms with van der Waals surface area (Å²) in [5, 5.41) is 2.99. The Morgan fingerprint density at radius 1 is 1.22 bits per heavy atom. The summed E-state index contributed by atoms with van der Waals surface area (Å²) >= 11 is 0. The zero-order valence-electron chi connectivity index (χ0n) is 14.1. The van der Waals surface area contributed by atoms with Gasteiger partial charge in [0.05, 0.1) is 20.6 Å². The minimum Gasteiger partial charge on any atom is -0.493 e. The van der Waals surface area contributed by atoms with E-state index in [2.05, 4.69) is 5.32 Å². The Labute approximate surface area is 138 Å². The van der Waals surface area contributed by atoms with Crippen molar-refractivity contribution in [2.75, 3.05) is 34.0 Å². The average Bonchev–Trinajstić information content (AvgIpc) is 2.59. The summed E-state index contributed by atoms with van der Waals surface area (Å²) in [4.78, 5) is 12.0. The molecule has 0 aliphatic carbocycles. The molecule has 5 heteroatoms. The lowest BCUT2D eigenvalue weighted by Crippen LogP contribution is -2.27. The summed E-state index contributed by atoms with van der Waals surface area (Å²) in [6.07, 6.45) is 4.86. The Morgan fingerprint density at radius 2 is 1.96 bits per heavy atom. The number of ether oxygens (including phenoxy) is 3. The van der Waals surface area contributed by atoms with Gasteiger partial charge in [-0.1, -0.05) is 6.07 Å². The Morgan fingerprint density at radius 3 is 2.65 bits per heavy atom. The van der Waals surface area contributed by atoms with Gasteiger partial charge in [0.25, 0.3) is 0 Å². The maximum atomic E-state index is 12.0. The third-order valence-electron chi connectivity index (χ3n) is 4.26. The molecule has 0 spiro atoms. The van der Waals surface area contributed by atoms with Gasteiger partial charge in [-0.05, 0) is 49.3 Å². The largest absolute Gasteiger partial charge is 0.493 e. The molecule has 0 atom stereocenters. The molecule has 0 aromatic heterocycles. The first-order valence-electron chi connectivity index (χ1n) is 8.28. The molecule has 1 amide bonds. The van der Waals surface area contributed by atoms with Crippen molar-refractivity contribution >= 4 is 5.91 Å². The highest BCUT2D eigenvalue weighted by atomic mass is 16.5. The van der Waals surface area contributed by atoms with Crippen LogP contribution in [-0.2, 0) is 16.0 Å². The Bertz CT molecular complexity index is 498. The molecule has 1 aliphatic heterocycles. The fraction of sp³-hybridized carbons (Fsp3) is 0.611. The molecule has 1 aromatic carbocycles. The lowest BCUT2D eigenvalue weighted by molar-refractivity contribution is -0.120. The van der Waals surface area contributed by atoms with Crippen LogP contribution >= 0.6 is 0 Å². The molecule has 0 saturated carbocycles. The van der Waals surface area contributed by atoms with E-state index in [1.165, 1.54) is 6.42 Å². The monoisotopic (exact) mass is 321 g/mol. The van der Waals surface area contributed by atoms with Gasteiger partial charge in [-0.2, -0.15) is 0 Å². The summed E-state index contributed by atoms with van der Waals surface area (Å²) in [7, 11) is 3.20. The lowest BCUT2D eigenvalue weighted by Gasteiger charge is -2.21. The van der Waals surface area contributed by atoms with Crippen molar-refractivity contribution in [1.82, 2.24) is 5.32 Å². The van der Waals surface area contributed by atoms with Crippen LogP contribution in [0.15, 0.2) is 18.2 Å². The summed E-state index contributed by atoms with van der Waals surface area (Å²) in [5.41, 5.74) is 0.921. The maximum Gasteiger partial charge on any atom is 0.224 e. The number of carbonyl (C=O) groups excluding carboxylic acids is 1. The summed E-state index contributed by atoms with van der Waals surface area (Å²) in [6, 6.07) is 5.57. The first-order valence-corrected chi connectivity index (χ1v) is 8.28. The first kappa shape index (κ1) is 17.6. The summed E-state index contributed by atoms with van der Waals surface area (Å²) < 4.78 is 15.8. The second kappa shape index (κ2) is 9.40. The van der Waals surface area contributed by atoms with Gasteiger partial charge in [-0.25, -0.2) is 0 Å². The Hall–Kier alpha value is -1.75. The van der Waals surface area contributed by atoms with Crippen molar-refractivity contribution < 1.29 is 19.0 Å². The zero-order valence-corrected chi connectivity index (χ0v) is 14.1. The fourth-order valence-corrected chi connectivity index (χ4v) is 2.89. The third-order valence-corrected chi connectivity index (χ3v) is 4.26. The SMILES string of the molecule is COc1ccc(CC(=O)NCCCC2CCOCC2)cc1OC. The van der Waals surface area contributed by atoms with Crippen molar-refractivity contribution in [2.24, 2.45) is 5.92 Å². The standard InChI is InChI=1S/C18H27NO4/c1-21-16-6-5-15(12-17(16)22-2)13-18(20)19-9-3-4-14-7-10-23-11-8-14/h5-6,12,14H,3-4,7-11,13H2,1-2H3,(H,19,20). The van der Waals surface area contributed by atoms with Crippen molar-refractivity contribution in [2.45, 2.75) is 32.1 Å². The highest BCUT2D eigenvalue weighted by Crippen LogP contribution is 2.27. The number of nitrogens with one attached hydrogen (secondary N) is 1. The van der Waals surface area contributed by atoms with E-state index in [0.717, 1.165) is 50.5 Å². The molecule has 1 heterocycles. The van der Waals surface area contributed by atoms with E-state index < -0.39 is 0 Å². The van der Waals surface area contributed by atoms with E-state index in [9.17, 15) is 4.79 Å². The van der Waals surface area contributed by atoms with Crippen LogP contribution in [0, 0.1) is 5.92 Å². The third kappa shape index (κ3) is 5.75. The van der Waals surface area contributed by atoms with Crippen LogP contribution < -0.4 is 14.8 Å². The number of rotatable bonds is 8. The van der Waals surface area contributed by atoms with Crippen molar-refractivity contribution in [1.29, 1.82) is 0 Å². The van der Waals surface area contributed by atoms with Crippen LogP contribution in [-0.4, -0.2) is 39.9 Å². The maximum absolute atomic E-state index is 12.0.